The summed E-state index contributed by atoms with van der Waals surface area (Å²) in [6, 6.07) is 0. The fourth-order valence-electron chi connectivity index (χ4n) is 1.80. The lowest BCUT2D eigenvalue weighted by Crippen LogP contribution is -1.84. The fraction of sp³-hybridized carbons (Fsp3) is 0.273. The van der Waals surface area contributed by atoms with Crippen molar-refractivity contribution in [2.75, 3.05) is 5.73 Å². The number of oxazole rings is 1. The molecule has 2 N–H and O–H groups in total. The van der Waals surface area contributed by atoms with Crippen LogP contribution in [0.2, 0.25) is 0 Å². The molecule has 0 aliphatic carbocycles. The number of nitrogen functional groups attached to an aromatic ring is 1. The number of hydrogen-bond acceptors (Lipinski definition) is 6. The first-order valence-corrected chi connectivity index (χ1v) is 5.16. The molecule has 6 nitrogen and oxygen atoms in total. The molecule has 0 aliphatic rings. The Balaban J connectivity index is 2.26. The van der Waals surface area contributed by atoms with Gasteiger partial charge in [0.15, 0.2) is 0 Å². The van der Waals surface area contributed by atoms with Crippen LogP contribution in [-0.2, 0) is 0 Å². The highest BCUT2D eigenvalue weighted by Gasteiger charge is 2.21. The molecule has 6 heteroatoms. The summed E-state index contributed by atoms with van der Waals surface area (Å²) in [5, 5.41) is 3.85. The average Bonchev–Trinajstić information content (AvgIpc) is 2.88. The minimum Gasteiger partial charge on any atom is -0.438 e. The van der Waals surface area contributed by atoms with Gasteiger partial charge in [0.25, 0.3) is 5.71 Å². The van der Waals surface area contributed by atoms with E-state index in [0.717, 1.165) is 11.3 Å². The summed E-state index contributed by atoms with van der Waals surface area (Å²) in [5.41, 5.74) is 8.63. The van der Waals surface area contributed by atoms with E-state index in [4.69, 9.17) is 19.1 Å². The molecule has 0 unspecified atom stereocenters. The number of hydrogen-bond donors (Lipinski definition) is 1. The lowest BCUT2D eigenvalue weighted by molar-refractivity contribution is 0.393. The van der Waals surface area contributed by atoms with Gasteiger partial charge in [0.2, 0.25) is 11.5 Å². The summed E-state index contributed by atoms with van der Waals surface area (Å²) in [7, 11) is 0. The molecule has 0 radical (unpaired) electrons. The first kappa shape index (κ1) is 9.95. The van der Waals surface area contributed by atoms with Crippen LogP contribution in [0.25, 0.3) is 22.8 Å². The van der Waals surface area contributed by atoms with Crippen LogP contribution in [0.3, 0.4) is 0 Å². The van der Waals surface area contributed by atoms with Gasteiger partial charge in [-0.3, -0.25) is 0 Å². The number of anilines is 1. The third-order valence-corrected chi connectivity index (χ3v) is 2.72. The van der Waals surface area contributed by atoms with Gasteiger partial charge < -0.3 is 19.1 Å². The maximum absolute atomic E-state index is 5.81. The number of aryl methyl sites for hydroxylation is 3. The van der Waals surface area contributed by atoms with Crippen molar-refractivity contribution >= 4 is 17.0 Å². The second-order valence-corrected chi connectivity index (χ2v) is 3.92. The highest BCUT2D eigenvalue weighted by atomic mass is 16.5. The molecule has 17 heavy (non-hydrogen) atoms. The third-order valence-electron chi connectivity index (χ3n) is 2.72. The van der Waals surface area contributed by atoms with E-state index >= 15 is 0 Å². The molecule has 3 aromatic rings. The molecule has 0 amide bonds. The molecule has 3 heterocycles. The smallest absolute Gasteiger partial charge is 0.268 e. The SMILES string of the molecule is Cc1noc(C)c1-c1nc2oc(C)c(N)c2o1. The van der Waals surface area contributed by atoms with Crippen LogP contribution in [0.1, 0.15) is 17.2 Å². The molecule has 0 aromatic carbocycles. The van der Waals surface area contributed by atoms with E-state index in [1.165, 1.54) is 0 Å². The fourth-order valence-corrected chi connectivity index (χ4v) is 1.80. The van der Waals surface area contributed by atoms with Crippen molar-refractivity contribution < 1.29 is 13.4 Å². The quantitative estimate of drug-likeness (QED) is 0.694. The Kier molecular flexibility index (Phi) is 1.83. The predicted octanol–water partition coefficient (Wildman–Crippen LogP) is 2.58. The molecule has 0 bridgehead atoms. The Hall–Kier alpha value is -2.24. The molecule has 0 aliphatic heterocycles. The molecular formula is C11H11N3O3. The minimum atomic E-state index is 0.398. The van der Waals surface area contributed by atoms with Gasteiger partial charge in [-0.05, 0) is 20.8 Å². The summed E-state index contributed by atoms with van der Waals surface area (Å²) in [4.78, 5) is 4.25. The summed E-state index contributed by atoms with van der Waals surface area (Å²) < 4.78 is 16.0. The number of nitrogens with zero attached hydrogens (tertiary/aromatic N) is 2. The van der Waals surface area contributed by atoms with Crippen LogP contribution < -0.4 is 5.73 Å². The second-order valence-electron chi connectivity index (χ2n) is 3.92. The van der Waals surface area contributed by atoms with E-state index in [1.807, 2.05) is 6.92 Å². The van der Waals surface area contributed by atoms with E-state index in [-0.39, 0.29) is 0 Å². The van der Waals surface area contributed by atoms with Crippen LogP contribution in [-0.4, -0.2) is 10.1 Å². The van der Waals surface area contributed by atoms with E-state index < -0.39 is 0 Å². The molecule has 3 aromatic heterocycles. The molecule has 0 saturated carbocycles. The lowest BCUT2D eigenvalue weighted by atomic mass is 10.2. The van der Waals surface area contributed by atoms with E-state index in [2.05, 4.69) is 10.1 Å². The van der Waals surface area contributed by atoms with E-state index in [9.17, 15) is 0 Å². The van der Waals surface area contributed by atoms with Gasteiger partial charge in [0.1, 0.15) is 22.8 Å². The van der Waals surface area contributed by atoms with Crippen LogP contribution in [0.4, 0.5) is 5.69 Å². The number of furan rings is 1. The molecule has 3 rings (SSSR count). The first-order valence-electron chi connectivity index (χ1n) is 5.16. The van der Waals surface area contributed by atoms with Gasteiger partial charge >= 0.3 is 0 Å². The zero-order valence-electron chi connectivity index (χ0n) is 9.70. The molecule has 88 valence electrons. The van der Waals surface area contributed by atoms with Gasteiger partial charge in [0.05, 0.1) is 5.69 Å². The normalized spacial score (nSPS) is 11.5. The van der Waals surface area contributed by atoms with Crippen molar-refractivity contribution in [2.24, 2.45) is 0 Å². The topological polar surface area (TPSA) is 91.2 Å². The number of nitrogens with two attached hydrogens (primary N) is 1. The minimum absolute atomic E-state index is 0.398. The van der Waals surface area contributed by atoms with Crippen molar-refractivity contribution in [2.45, 2.75) is 20.8 Å². The highest BCUT2D eigenvalue weighted by molar-refractivity contribution is 5.85. The van der Waals surface area contributed by atoms with Crippen LogP contribution >= 0.6 is 0 Å². The Labute approximate surface area is 96.4 Å². The third kappa shape index (κ3) is 1.27. The van der Waals surface area contributed by atoms with Crippen molar-refractivity contribution in [3.63, 3.8) is 0 Å². The van der Waals surface area contributed by atoms with Crippen LogP contribution in [0.5, 0.6) is 0 Å². The number of rotatable bonds is 1. The van der Waals surface area contributed by atoms with Crippen molar-refractivity contribution in [3.8, 4) is 11.5 Å². The summed E-state index contributed by atoms with van der Waals surface area (Å²) in [5.74, 6) is 1.68. The Morgan fingerprint density at radius 2 is 1.82 bits per heavy atom. The lowest BCUT2D eigenvalue weighted by Gasteiger charge is -1.92. The maximum atomic E-state index is 5.81. The summed E-state index contributed by atoms with van der Waals surface area (Å²) >= 11 is 0. The maximum Gasteiger partial charge on any atom is 0.268 e. The molecule has 0 fully saturated rings. The van der Waals surface area contributed by atoms with Crippen molar-refractivity contribution in [3.05, 3.63) is 17.2 Å². The monoisotopic (exact) mass is 233 g/mol. The van der Waals surface area contributed by atoms with Crippen molar-refractivity contribution in [1.82, 2.24) is 10.1 Å². The molecule has 0 saturated heterocycles. The predicted molar refractivity (Wildman–Crippen MR) is 60.4 cm³/mol. The zero-order valence-corrected chi connectivity index (χ0v) is 9.70. The van der Waals surface area contributed by atoms with Gasteiger partial charge in [-0.2, -0.15) is 4.98 Å². The second kappa shape index (κ2) is 3.13. The largest absolute Gasteiger partial charge is 0.438 e. The van der Waals surface area contributed by atoms with E-state index in [1.54, 1.807) is 13.8 Å². The highest BCUT2D eigenvalue weighted by Crippen LogP contribution is 2.34. The average molecular weight is 233 g/mol. The Morgan fingerprint density at radius 1 is 1.06 bits per heavy atom. The summed E-state index contributed by atoms with van der Waals surface area (Å²) in [6.45, 7) is 5.39. The van der Waals surface area contributed by atoms with Gasteiger partial charge in [0, 0.05) is 0 Å². The first-order chi connectivity index (χ1) is 8.08. The van der Waals surface area contributed by atoms with Gasteiger partial charge in [-0.25, -0.2) is 0 Å². The molecular weight excluding hydrogens is 222 g/mol. The van der Waals surface area contributed by atoms with Crippen molar-refractivity contribution in [1.29, 1.82) is 0 Å². The molecule has 0 atom stereocenters. The van der Waals surface area contributed by atoms with Gasteiger partial charge in [-0.1, -0.05) is 5.16 Å². The standard InChI is InChI=1S/C11H11N3O3/c1-4-7(5(2)17-14-4)10-13-11-9(16-10)8(12)6(3)15-11/h12H2,1-3H3. The number of aromatic nitrogens is 2. The summed E-state index contributed by atoms with van der Waals surface area (Å²) in [6.07, 6.45) is 0. The van der Waals surface area contributed by atoms with Gasteiger partial charge in [-0.15, -0.1) is 0 Å². The van der Waals surface area contributed by atoms with Crippen LogP contribution in [0.15, 0.2) is 13.4 Å². The number of fused-ring (bicyclic) bond motifs is 1. The Morgan fingerprint density at radius 3 is 2.41 bits per heavy atom. The molecule has 0 spiro atoms. The van der Waals surface area contributed by atoms with E-state index in [0.29, 0.717) is 34.4 Å². The van der Waals surface area contributed by atoms with Crippen LogP contribution in [0, 0.1) is 20.8 Å². The Bertz CT molecular complexity index is 686. The zero-order chi connectivity index (χ0) is 12.2.